The molecule has 0 radical (unpaired) electrons. The molecule has 0 atom stereocenters. The van der Waals surface area contributed by atoms with Gasteiger partial charge in [0.05, 0.1) is 4.90 Å². The molecule has 0 aliphatic carbocycles. The molecule has 25 heavy (non-hydrogen) atoms. The summed E-state index contributed by atoms with van der Waals surface area (Å²) in [6.45, 7) is 15.0. The van der Waals surface area contributed by atoms with E-state index in [1.807, 2.05) is 25.7 Å². The van der Waals surface area contributed by atoms with Crippen LogP contribution in [0.2, 0.25) is 0 Å². The van der Waals surface area contributed by atoms with Crippen molar-refractivity contribution in [2.75, 3.05) is 31.5 Å². The predicted molar refractivity (Wildman–Crippen MR) is 109 cm³/mol. The van der Waals surface area contributed by atoms with Crippen molar-refractivity contribution in [3.8, 4) is 0 Å². The summed E-state index contributed by atoms with van der Waals surface area (Å²) in [5.74, 6) is 0. The van der Waals surface area contributed by atoms with E-state index in [0.29, 0.717) is 37.0 Å². The van der Waals surface area contributed by atoms with Crippen LogP contribution in [-0.4, -0.2) is 48.9 Å². The Labute approximate surface area is 157 Å². The molecular formula is C18H27N3O2S2. The molecule has 0 unspecified atom stereocenters. The van der Waals surface area contributed by atoms with Gasteiger partial charge >= 0.3 is 0 Å². The third-order valence-electron chi connectivity index (χ3n) is 3.78. The number of aryl methyl sites for hydroxylation is 1. The van der Waals surface area contributed by atoms with Crippen LogP contribution in [0.25, 0.3) is 0 Å². The lowest BCUT2D eigenvalue weighted by Crippen LogP contribution is -2.35. The highest BCUT2D eigenvalue weighted by Gasteiger charge is 2.22. The molecule has 1 rings (SSSR count). The Morgan fingerprint density at radius 3 is 2.24 bits per heavy atom. The van der Waals surface area contributed by atoms with E-state index in [4.69, 9.17) is 12.2 Å². The lowest BCUT2D eigenvalue weighted by Gasteiger charge is -2.24. The van der Waals surface area contributed by atoms with Gasteiger partial charge < -0.3 is 10.2 Å². The quantitative estimate of drug-likeness (QED) is 0.525. The third kappa shape index (κ3) is 5.39. The topological polar surface area (TPSA) is 52.7 Å². The lowest BCUT2D eigenvalue weighted by atomic mass is 10.2. The molecule has 0 aromatic heterocycles. The molecule has 0 bridgehead atoms. The minimum Gasteiger partial charge on any atom is -0.342 e. The summed E-state index contributed by atoms with van der Waals surface area (Å²) in [6.07, 6.45) is 3.51. The highest BCUT2D eigenvalue weighted by Crippen LogP contribution is 2.23. The van der Waals surface area contributed by atoms with Crippen LogP contribution in [0.15, 0.2) is 48.4 Å². The Kier molecular flexibility index (Phi) is 8.28. The van der Waals surface area contributed by atoms with Crippen molar-refractivity contribution < 1.29 is 8.42 Å². The van der Waals surface area contributed by atoms with Gasteiger partial charge in [0.15, 0.2) is 5.11 Å². The molecule has 0 fully saturated rings. The van der Waals surface area contributed by atoms with Crippen molar-refractivity contribution in [3.63, 3.8) is 0 Å². The Balaban J connectivity index is 3.15. The van der Waals surface area contributed by atoms with E-state index in [1.54, 1.807) is 30.4 Å². The maximum Gasteiger partial charge on any atom is 0.243 e. The van der Waals surface area contributed by atoms with E-state index < -0.39 is 10.0 Å². The summed E-state index contributed by atoms with van der Waals surface area (Å²) in [6, 6.07) is 5.05. The highest BCUT2D eigenvalue weighted by atomic mass is 32.2. The van der Waals surface area contributed by atoms with Crippen molar-refractivity contribution in [2.45, 2.75) is 25.7 Å². The largest absolute Gasteiger partial charge is 0.342 e. The first-order valence-electron chi connectivity index (χ1n) is 8.20. The maximum atomic E-state index is 12.7. The second-order valence-corrected chi connectivity index (χ2v) is 7.80. The van der Waals surface area contributed by atoms with Crippen LogP contribution in [0.5, 0.6) is 0 Å². The van der Waals surface area contributed by atoms with Crippen LogP contribution in [0.1, 0.15) is 19.4 Å². The summed E-state index contributed by atoms with van der Waals surface area (Å²) in [7, 11) is -3.51. The Morgan fingerprint density at radius 1 is 1.20 bits per heavy atom. The van der Waals surface area contributed by atoms with Crippen LogP contribution in [0.4, 0.5) is 5.69 Å². The normalized spacial score (nSPS) is 11.2. The maximum absolute atomic E-state index is 12.7. The Morgan fingerprint density at radius 2 is 1.76 bits per heavy atom. The molecule has 7 heteroatoms. The second-order valence-electron chi connectivity index (χ2n) is 5.48. The smallest absolute Gasteiger partial charge is 0.243 e. The zero-order chi connectivity index (χ0) is 19.0. The number of benzene rings is 1. The molecule has 0 aliphatic heterocycles. The van der Waals surface area contributed by atoms with Crippen molar-refractivity contribution in [1.29, 1.82) is 0 Å². The molecule has 1 aromatic rings. The summed E-state index contributed by atoms with van der Waals surface area (Å²) >= 11 is 5.44. The number of hydrogen-bond acceptors (Lipinski definition) is 3. The van der Waals surface area contributed by atoms with Gasteiger partial charge in [-0.15, -0.1) is 13.2 Å². The Hall–Kier alpha value is -1.70. The van der Waals surface area contributed by atoms with Crippen molar-refractivity contribution in [3.05, 3.63) is 49.1 Å². The first-order chi connectivity index (χ1) is 11.8. The fourth-order valence-electron chi connectivity index (χ4n) is 2.36. The molecule has 1 N–H and O–H groups in total. The molecule has 0 spiro atoms. The molecule has 0 aliphatic rings. The second kappa shape index (κ2) is 9.70. The SMILES string of the molecule is C=CCN(CC=C)C(=S)Nc1cc(S(=O)(=O)N(CC)CC)ccc1C. The van der Waals surface area contributed by atoms with Gasteiger partial charge in [0.2, 0.25) is 10.0 Å². The summed E-state index contributed by atoms with van der Waals surface area (Å²) < 4.78 is 26.9. The van der Waals surface area contributed by atoms with Gasteiger partial charge in [-0.2, -0.15) is 4.31 Å². The fourth-order valence-corrected chi connectivity index (χ4v) is 4.10. The minimum absolute atomic E-state index is 0.256. The van der Waals surface area contributed by atoms with Crippen LogP contribution in [-0.2, 0) is 10.0 Å². The average Bonchev–Trinajstić information content (AvgIpc) is 2.57. The van der Waals surface area contributed by atoms with Gasteiger partial charge in [-0.1, -0.05) is 32.1 Å². The number of nitrogens with zero attached hydrogens (tertiary/aromatic N) is 2. The van der Waals surface area contributed by atoms with Crippen molar-refractivity contribution >= 4 is 33.0 Å². The van der Waals surface area contributed by atoms with E-state index >= 15 is 0 Å². The first-order valence-corrected chi connectivity index (χ1v) is 10.0. The van der Waals surface area contributed by atoms with Gasteiger partial charge in [0.1, 0.15) is 0 Å². The molecule has 0 saturated carbocycles. The number of nitrogens with one attached hydrogen (secondary N) is 1. The van der Waals surface area contributed by atoms with Gasteiger partial charge in [-0.25, -0.2) is 8.42 Å². The zero-order valence-corrected chi connectivity index (χ0v) is 16.8. The molecule has 138 valence electrons. The van der Waals surface area contributed by atoms with Gasteiger partial charge in [0.25, 0.3) is 0 Å². The number of rotatable bonds is 9. The lowest BCUT2D eigenvalue weighted by molar-refractivity contribution is 0.445. The van der Waals surface area contributed by atoms with E-state index in [1.165, 1.54) is 4.31 Å². The molecular weight excluding hydrogens is 354 g/mol. The zero-order valence-electron chi connectivity index (χ0n) is 15.2. The van der Waals surface area contributed by atoms with E-state index in [0.717, 1.165) is 5.56 Å². The first kappa shape index (κ1) is 21.3. The highest BCUT2D eigenvalue weighted by molar-refractivity contribution is 7.89. The van der Waals surface area contributed by atoms with Crippen LogP contribution < -0.4 is 5.32 Å². The molecule has 0 heterocycles. The molecule has 0 saturated heterocycles. The van der Waals surface area contributed by atoms with E-state index in [9.17, 15) is 8.42 Å². The molecule has 0 amide bonds. The minimum atomic E-state index is -3.51. The summed E-state index contributed by atoms with van der Waals surface area (Å²) in [5, 5.41) is 3.65. The van der Waals surface area contributed by atoms with Crippen molar-refractivity contribution in [2.24, 2.45) is 0 Å². The fraction of sp³-hybridized carbons (Fsp3) is 0.389. The summed E-state index contributed by atoms with van der Waals surface area (Å²) in [4.78, 5) is 2.14. The van der Waals surface area contributed by atoms with Crippen LogP contribution >= 0.6 is 12.2 Å². The molecule has 1 aromatic carbocycles. The predicted octanol–water partition coefficient (Wildman–Crippen LogP) is 3.40. The Bertz CT molecular complexity index is 716. The van der Waals surface area contributed by atoms with E-state index in [-0.39, 0.29) is 4.90 Å². The van der Waals surface area contributed by atoms with Crippen molar-refractivity contribution in [1.82, 2.24) is 9.21 Å². The number of anilines is 1. The number of hydrogen-bond donors (Lipinski definition) is 1. The average molecular weight is 382 g/mol. The van der Waals surface area contributed by atoms with Gasteiger partial charge in [-0.05, 0) is 36.8 Å². The monoisotopic (exact) mass is 381 g/mol. The van der Waals surface area contributed by atoms with E-state index in [2.05, 4.69) is 18.5 Å². The van der Waals surface area contributed by atoms with Crippen LogP contribution in [0.3, 0.4) is 0 Å². The number of thiocarbonyl (C=S) groups is 1. The van der Waals surface area contributed by atoms with Gasteiger partial charge in [0, 0.05) is 31.9 Å². The van der Waals surface area contributed by atoms with Crippen LogP contribution in [0, 0.1) is 6.92 Å². The number of sulfonamides is 1. The summed E-state index contributed by atoms with van der Waals surface area (Å²) in [5.41, 5.74) is 1.59. The standard InChI is InChI=1S/C18H27N3O2S2/c1-6-12-20(13-7-2)18(24)19-17-14-16(11-10-15(17)5)25(22,23)21(8-3)9-4/h6-7,10-11,14H,1-2,8-9,12-13H2,3-5H3,(H,19,24). The van der Waals surface area contributed by atoms with Gasteiger partial charge in [-0.3, -0.25) is 0 Å². The third-order valence-corrected chi connectivity index (χ3v) is 6.19. The molecule has 5 nitrogen and oxygen atoms in total.